The minimum atomic E-state index is 0.160. The topological polar surface area (TPSA) is 50.4 Å². The first-order valence-electron chi connectivity index (χ1n) is 5.91. The van der Waals surface area contributed by atoms with E-state index in [1.807, 2.05) is 24.3 Å². The van der Waals surface area contributed by atoms with Gasteiger partial charge in [-0.05, 0) is 24.1 Å². The molecule has 0 spiro atoms. The molecule has 17 heavy (non-hydrogen) atoms. The Morgan fingerprint density at radius 3 is 2.76 bits per heavy atom. The van der Waals surface area contributed by atoms with Crippen molar-refractivity contribution >= 4 is 5.91 Å². The molecular formula is C13H18N2O2. The zero-order valence-electron chi connectivity index (χ0n) is 10.0. The molecule has 1 unspecified atom stereocenters. The van der Waals surface area contributed by atoms with Crippen LogP contribution in [0.2, 0.25) is 0 Å². The van der Waals surface area contributed by atoms with Gasteiger partial charge in [0.1, 0.15) is 5.75 Å². The number of methoxy groups -OCH3 is 1. The second-order valence-electron chi connectivity index (χ2n) is 4.27. The Balaban J connectivity index is 1.79. The van der Waals surface area contributed by atoms with Gasteiger partial charge in [0.05, 0.1) is 7.11 Å². The number of carbonyl (C=O) groups excluding carboxylic acids is 1. The van der Waals surface area contributed by atoms with Crippen molar-refractivity contribution in [1.82, 2.24) is 10.6 Å². The average molecular weight is 234 g/mol. The lowest BCUT2D eigenvalue weighted by Crippen LogP contribution is -2.45. The molecule has 1 heterocycles. The zero-order chi connectivity index (χ0) is 12.1. The van der Waals surface area contributed by atoms with Crippen molar-refractivity contribution in [2.45, 2.75) is 25.4 Å². The molecule has 2 rings (SSSR count). The molecule has 2 N–H and O–H groups in total. The van der Waals surface area contributed by atoms with Gasteiger partial charge >= 0.3 is 0 Å². The summed E-state index contributed by atoms with van der Waals surface area (Å²) in [5.41, 5.74) is 1.22. The monoisotopic (exact) mass is 234 g/mol. The van der Waals surface area contributed by atoms with Crippen LogP contribution in [0.3, 0.4) is 0 Å². The van der Waals surface area contributed by atoms with Crippen LogP contribution in [-0.2, 0) is 11.3 Å². The summed E-state index contributed by atoms with van der Waals surface area (Å²) in [4.78, 5) is 11.0. The average Bonchev–Trinajstić information content (AvgIpc) is 2.39. The lowest BCUT2D eigenvalue weighted by atomic mass is 10.1. The summed E-state index contributed by atoms with van der Waals surface area (Å²) in [7, 11) is 1.66. The Morgan fingerprint density at radius 2 is 2.18 bits per heavy atom. The third kappa shape index (κ3) is 3.46. The van der Waals surface area contributed by atoms with Crippen molar-refractivity contribution in [3.05, 3.63) is 29.8 Å². The number of hydrogen-bond acceptors (Lipinski definition) is 3. The van der Waals surface area contributed by atoms with Crippen LogP contribution in [0, 0.1) is 0 Å². The van der Waals surface area contributed by atoms with Crippen molar-refractivity contribution in [2.24, 2.45) is 0 Å². The number of hydrogen-bond donors (Lipinski definition) is 2. The van der Waals surface area contributed by atoms with Gasteiger partial charge in [-0.25, -0.2) is 0 Å². The number of carbonyl (C=O) groups is 1. The van der Waals surface area contributed by atoms with Gasteiger partial charge in [-0.3, -0.25) is 4.79 Å². The van der Waals surface area contributed by atoms with Crippen LogP contribution in [-0.4, -0.2) is 25.6 Å². The third-order valence-electron chi connectivity index (χ3n) is 3.02. The Labute approximate surface area is 101 Å². The highest BCUT2D eigenvalue weighted by Gasteiger charge is 2.16. The maximum atomic E-state index is 11.0. The molecule has 1 fully saturated rings. The Kier molecular flexibility index (Phi) is 3.98. The van der Waals surface area contributed by atoms with Gasteiger partial charge in [0.2, 0.25) is 5.91 Å². The Hall–Kier alpha value is -1.55. The van der Waals surface area contributed by atoms with Crippen molar-refractivity contribution < 1.29 is 9.53 Å². The predicted molar refractivity (Wildman–Crippen MR) is 65.9 cm³/mol. The number of amides is 1. The largest absolute Gasteiger partial charge is 0.497 e. The summed E-state index contributed by atoms with van der Waals surface area (Å²) in [6.07, 6.45) is 1.54. The third-order valence-corrected chi connectivity index (χ3v) is 3.02. The van der Waals surface area contributed by atoms with Gasteiger partial charge in [0.25, 0.3) is 0 Å². The van der Waals surface area contributed by atoms with E-state index in [4.69, 9.17) is 4.74 Å². The van der Waals surface area contributed by atoms with Crippen LogP contribution in [0.15, 0.2) is 24.3 Å². The van der Waals surface area contributed by atoms with E-state index in [1.54, 1.807) is 7.11 Å². The molecule has 1 aromatic carbocycles. The van der Waals surface area contributed by atoms with E-state index in [1.165, 1.54) is 5.56 Å². The molecule has 92 valence electrons. The first-order valence-corrected chi connectivity index (χ1v) is 5.91. The lowest BCUT2D eigenvalue weighted by Gasteiger charge is -2.23. The molecule has 0 saturated carbocycles. The molecule has 1 atom stereocenters. The number of benzene rings is 1. The molecule has 0 aliphatic carbocycles. The van der Waals surface area contributed by atoms with Gasteiger partial charge < -0.3 is 15.4 Å². The van der Waals surface area contributed by atoms with Crippen LogP contribution in [0.1, 0.15) is 18.4 Å². The molecule has 0 aromatic heterocycles. The van der Waals surface area contributed by atoms with Gasteiger partial charge in [-0.15, -0.1) is 0 Å². The normalized spacial score (nSPS) is 19.8. The molecule has 1 saturated heterocycles. The minimum absolute atomic E-state index is 0.160. The van der Waals surface area contributed by atoms with E-state index >= 15 is 0 Å². The fourth-order valence-electron chi connectivity index (χ4n) is 1.91. The van der Waals surface area contributed by atoms with Crippen molar-refractivity contribution in [3.63, 3.8) is 0 Å². The van der Waals surface area contributed by atoms with E-state index < -0.39 is 0 Å². The van der Waals surface area contributed by atoms with E-state index in [2.05, 4.69) is 10.6 Å². The molecule has 1 aliphatic heterocycles. The summed E-state index contributed by atoms with van der Waals surface area (Å²) in [5, 5.41) is 6.31. The predicted octanol–water partition coefficient (Wildman–Crippen LogP) is 1.06. The second-order valence-corrected chi connectivity index (χ2v) is 4.27. The molecular weight excluding hydrogens is 216 g/mol. The van der Waals surface area contributed by atoms with Crippen molar-refractivity contribution in [2.75, 3.05) is 13.7 Å². The van der Waals surface area contributed by atoms with E-state index in [0.29, 0.717) is 12.5 Å². The van der Waals surface area contributed by atoms with Crippen LogP contribution < -0.4 is 15.4 Å². The maximum absolute atomic E-state index is 11.0. The number of ether oxygens (including phenoxy) is 1. The first-order chi connectivity index (χ1) is 8.28. The highest BCUT2D eigenvalue weighted by atomic mass is 16.5. The fourth-order valence-corrected chi connectivity index (χ4v) is 1.91. The highest BCUT2D eigenvalue weighted by molar-refractivity contribution is 5.76. The molecule has 0 radical (unpaired) electrons. The molecule has 0 bridgehead atoms. The summed E-state index contributed by atoms with van der Waals surface area (Å²) < 4.78 is 5.11. The van der Waals surface area contributed by atoms with E-state index in [-0.39, 0.29) is 5.91 Å². The van der Waals surface area contributed by atoms with Gasteiger partial charge in [-0.1, -0.05) is 12.1 Å². The van der Waals surface area contributed by atoms with Crippen LogP contribution in [0.4, 0.5) is 0 Å². The summed E-state index contributed by atoms with van der Waals surface area (Å²) in [5.74, 6) is 1.03. The van der Waals surface area contributed by atoms with Gasteiger partial charge in [-0.2, -0.15) is 0 Å². The van der Waals surface area contributed by atoms with Crippen molar-refractivity contribution in [1.29, 1.82) is 0 Å². The number of nitrogens with one attached hydrogen (secondary N) is 2. The second kappa shape index (κ2) is 5.68. The SMILES string of the molecule is COc1ccc(CNC2CCC(=O)NC2)cc1. The summed E-state index contributed by atoms with van der Waals surface area (Å²) >= 11 is 0. The smallest absolute Gasteiger partial charge is 0.220 e. The highest BCUT2D eigenvalue weighted by Crippen LogP contribution is 2.11. The van der Waals surface area contributed by atoms with E-state index in [9.17, 15) is 4.79 Å². The molecule has 1 amide bonds. The van der Waals surface area contributed by atoms with Crippen molar-refractivity contribution in [3.8, 4) is 5.75 Å². The Morgan fingerprint density at radius 1 is 1.41 bits per heavy atom. The zero-order valence-corrected chi connectivity index (χ0v) is 10.0. The van der Waals surface area contributed by atoms with Crippen LogP contribution >= 0.6 is 0 Å². The summed E-state index contributed by atoms with van der Waals surface area (Å²) in [6.45, 7) is 1.56. The lowest BCUT2D eigenvalue weighted by molar-refractivity contribution is -0.122. The quantitative estimate of drug-likeness (QED) is 0.819. The van der Waals surface area contributed by atoms with Gasteiger partial charge in [0, 0.05) is 25.6 Å². The van der Waals surface area contributed by atoms with Crippen LogP contribution in [0.5, 0.6) is 5.75 Å². The maximum Gasteiger partial charge on any atom is 0.220 e. The number of rotatable bonds is 4. The molecule has 1 aromatic rings. The Bertz CT molecular complexity index is 366. The van der Waals surface area contributed by atoms with E-state index in [0.717, 1.165) is 25.3 Å². The van der Waals surface area contributed by atoms with Crippen LogP contribution in [0.25, 0.3) is 0 Å². The molecule has 4 nitrogen and oxygen atoms in total. The minimum Gasteiger partial charge on any atom is -0.497 e. The van der Waals surface area contributed by atoms with Gasteiger partial charge in [0.15, 0.2) is 0 Å². The fraction of sp³-hybridized carbons (Fsp3) is 0.462. The summed E-state index contributed by atoms with van der Waals surface area (Å²) in [6, 6.07) is 8.40. The molecule has 1 aliphatic rings. The molecule has 4 heteroatoms. The first kappa shape index (κ1) is 11.9. The number of piperidine rings is 1. The standard InChI is InChI=1S/C13H18N2O2/c1-17-12-5-2-10(3-6-12)8-14-11-4-7-13(16)15-9-11/h2-3,5-6,11,14H,4,7-9H2,1H3,(H,15,16).